The van der Waals surface area contributed by atoms with E-state index in [-0.39, 0.29) is 5.82 Å². The van der Waals surface area contributed by atoms with Gasteiger partial charge in [0.15, 0.2) is 0 Å². The molecule has 0 aliphatic carbocycles. The number of thioether (sulfide) groups is 1. The highest BCUT2D eigenvalue weighted by Gasteiger charge is 2.22. The van der Waals surface area contributed by atoms with Crippen molar-refractivity contribution in [3.05, 3.63) is 29.0 Å². The topological polar surface area (TPSA) is 12.0 Å². The van der Waals surface area contributed by atoms with E-state index < -0.39 is 0 Å². The van der Waals surface area contributed by atoms with Crippen LogP contribution in [-0.2, 0) is 0 Å². The van der Waals surface area contributed by atoms with Gasteiger partial charge in [-0.15, -0.1) is 0 Å². The highest BCUT2D eigenvalue weighted by atomic mass is 35.5. The number of halogens is 2. The molecule has 1 aromatic rings. The summed E-state index contributed by atoms with van der Waals surface area (Å²) in [6, 6.07) is 5.14. The number of hydrogen-bond donors (Lipinski definition) is 1. The van der Waals surface area contributed by atoms with Gasteiger partial charge in [-0.2, -0.15) is 11.8 Å². The van der Waals surface area contributed by atoms with Crippen molar-refractivity contribution < 1.29 is 4.39 Å². The molecule has 2 atom stereocenters. The van der Waals surface area contributed by atoms with Gasteiger partial charge in [-0.05, 0) is 36.8 Å². The average Bonchev–Trinajstić information content (AvgIpc) is 2.25. The lowest BCUT2D eigenvalue weighted by molar-refractivity contribution is 0.596. The molecular weight excluding hydrogens is 245 g/mol. The first-order valence-corrected chi connectivity index (χ1v) is 6.92. The van der Waals surface area contributed by atoms with Gasteiger partial charge in [-0.3, -0.25) is 0 Å². The molecule has 2 unspecified atom stereocenters. The SMILES string of the molecule is CC1SCCCC1Nc1ccc(Cl)cc1F. The summed E-state index contributed by atoms with van der Waals surface area (Å²) in [5.41, 5.74) is 0.559. The number of benzene rings is 1. The van der Waals surface area contributed by atoms with Crippen LogP contribution in [0.25, 0.3) is 0 Å². The average molecular weight is 260 g/mol. The van der Waals surface area contributed by atoms with Crippen LogP contribution in [0, 0.1) is 5.82 Å². The second kappa shape index (κ2) is 5.28. The van der Waals surface area contributed by atoms with Crippen LogP contribution in [0.5, 0.6) is 0 Å². The molecule has 1 heterocycles. The highest BCUT2D eigenvalue weighted by molar-refractivity contribution is 8.00. The molecule has 16 heavy (non-hydrogen) atoms. The fourth-order valence-electron chi connectivity index (χ4n) is 1.92. The largest absolute Gasteiger partial charge is 0.379 e. The smallest absolute Gasteiger partial charge is 0.147 e. The zero-order valence-corrected chi connectivity index (χ0v) is 10.7. The Bertz CT molecular complexity index is 372. The summed E-state index contributed by atoms with van der Waals surface area (Å²) >= 11 is 7.66. The van der Waals surface area contributed by atoms with E-state index in [1.54, 1.807) is 12.1 Å². The molecule has 0 aromatic heterocycles. The molecule has 0 bridgehead atoms. The summed E-state index contributed by atoms with van der Waals surface area (Å²) in [5.74, 6) is 0.942. The first-order valence-electron chi connectivity index (χ1n) is 5.50. The molecule has 1 nitrogen and oxygen atoms in total. The van der Waals surface area contributed by atoms with Crippen LogP contribution in [-0.4, -0.2) is 17.0 Å². The zero-order chi connectivity index (χ0) is 11.5. The quantitative estimate of drug-likeness (QED) is 0.855. The first-order chi connectivity index (χ1) is 7.66. The molecule has 1 aliphatic heterocycles. The maximum atomic E-state index is 13.6. The Labute approximate surface area is 105 Å². The van der Waals surface area contributed by atoms with E-state index in [4.69, 9.17) is 11.6 Å². The molecular formula is C12H15ClFNS. The Morgan fingerprint density at radius 1 is 1.50 bits per heavy atom. The van der Waals surface area contributed by atoms with Crippen LogP contribution in [0.1, 0.15) is 19.8 Å². The summed E-state index contributed by atoms with van der Waals surface area (Å²) in [7, 11) is 0. The molecule has 1 fully saturated rings. The Morgan fingerprint density at radius 2 is 2.31 bits per heavy atom. The van der Waals surface area contributed by atoms with Gasteiger partial charge in [0.05, 0.1) is 5.69 Å². The van der Waals surface area contributed by atoms with Gasteiger partial charge in [-0.1, -0.05) is 18.5 Å². The van der Waals surface area contributed by atoms with E-state index in [1.807, 2.05) is 11.8 Å². The minimum absolute atomic E-state index is 0.268. The summed E-state index contributed by atoms with van der Waals surface area (Å²) in [4.78, 5) is 0. The maximum Gasteiger partial charge on any atom is 0.147 e. The van der Waals surface area contributed by atoms with Crippen LogP contribution < -0.4 is 5.32 Å². The van der Waals surface area contributed by atoms with E-state index in [2.05, 4.69) is 12.2 Å². The van der Waals surface area contributed by atoms with Crippen molar-refractivity contribution in [2.24, 2.45) is 0 Å². The minimum Gasteiger partial charge on any atom is -0.379 e. The lowest BCUT2D eigenvalue weighted by Crippen LogP contribution is -2.33. The monoisotopic (exact) mass is 259 g/mol. The van der Waals surface area contributed by atoms with Gasteiger partial charge in [0, 0.05) is 16.3 Å². The fraction of sp³-hybridized carbons (Fsp3) is 0.500. The summed E-state index contributed by atoms with van der Waals surface area (Å²) in [6.07, 6.45) is 2.30. The van der Waals surface area contributed by atoms with E-state index >= 15 is 0 Å². The molecule has 2 rings (SSSR count). The van der Waals surface area contributed by atoms with Crippen molar-refractivity contribution in [1.29, 1.82) is 0 Å². The Kier molecular flexibility index (Phi) is 3.98. The Hall–Kier alpha value is -0.410. The number of rotatable bonds is 2. The van der Waals surface area contributed by atoms with Gasteiger partial charge in [0.1, 0.15) is 5.82 Å². The lowest BCUT2D eigenvalue weighted by atomic mass is 10.1. The molecule has 4 heteroatoms. The van der Waals surface area contributed by atoms with Crippen LogP contribution >= 0.6 is 23.4 Å². The van der Waals surface area contributed by atoms with E-state index in [9.17, 15) is 4.39 Å². The summed E-state index contributed by atoms with van der Waals surface area (Å²) < 4.78 is 13.6. The molecule has 0 saturated carbocycles. The number of anilines is 1. The van der Waals surface area contributed by atoms with Gasteiger partial charge in [0.2, 0.25) is 0 Å². The number of nitrogens with one attached hydrogen (secondary N) is 1. The normalized spacial score (nSPS) is 25.4. The second-order valence-corrected chi connectivity index (χ2v) is 6.01. The molecule has 1 N–H and O–H groups in total. The lowest BCUT2D eigenvalue weighted by Gasteiger charge is -2.30. The molecule has 1 aliphatic rings. The van der Waals surface area contributed by atoms with Crippen molar-refractivity contribution in [2.45, 2.75) is 31.1 Å². The molecule has 0 amide bonds. The Morgan fingerprint density at radius 3 is 3.00 bits per heavy atom. The minimum atomic E-state index is -0.268. The second-order valence-electron chi connectivity index (χ2n) is 4.09. The van der Waals surface area contributed by atoms with Gasteiger partial charge >= 0.3 is 0 Å². The third kappa shape index (κ3) is 2.83. The van der Waals surface area contributed by atoms with Crippen molar-refractivity contribution >= 4 is 29.1 Å². The van der Waals surface area contributed by atoms with Crippen LogP contribution in [0.2, 0.25) is 5.02 Å². The first kappa shape index (κ1) is 12.1. The van der Waals surface area contributed by atoms with Crippen LogP contribution in [0.15, 0.2) is 18.2 Å². The van der Waals surface area contributed by atoms with Crippen molar-refractivity contribution in [3.8, 4) is 0 Å². The van der Waals surface area contributed by atoms with Gasteiger partial charge in [0.25, 0.3) is 0 Å². The standard InChI is InChI=1S/C12H15ClFNS/c1-8-11(3-2-6-16-8)15-12-5-4-9(13)7-10(12)14/h4-5,7-8,11,15H,2-3,6H2,1H3. The summed E-state index contributed by atoms with van der Waals surface area (Å²) in [6.45, 7) is 2.19. The fourth-order valence-corrected chi connectivity index (χ4v) is 3.22. The highest BCUT2D eigenvalue weighted by Crippen LogP contribution is 2.29. The van der Waals surface area contributed by atoms with Crippen molar-refractivity contribution in [3.63, 3.8) is 0 Å². The molecule has 1 aromatic carbocycles. The number of hydrogen-bond acceptors (Lipinski definition) is 2. The third-order valence-electron chi connectivity index (χ3n) is 2.88. The molecule has 0 spiro atoms. The summed E-state index contributed by atoms with van der Waals surface area (Å²) in [5, 5.41) is 4.24. The third-order valence-corrected chi connectivity index (χ3v) is 4.49. The van der Waals surface area contributed by atoms with E-state index in [0.29, 0.717) is 22.0 Å². The van der Waals surface area contributed by atoms with Gasteiger partial charge < -0.3 is 5.32 Å². The predicted octanol–water partition coefficient (Wildman–Crippen LogP) is 4.18. The molecule has 1 saturated heterocycles. The molecule has 0 radical (unpaired) electrons. The van der Waals surface area contributed by atoms with Crippen molar-refractivity contribution in [2.75, 3.05) is 11.1 Å². The molecule has 88 valence electrons. The predicted molar refractivity (Wildman–Crippen MR) is 70.0 cm³/mol. The zero-order valence-electron chi connectivity index (χ0n) is 9.17. The van der Waals surface area contributed by atoms with E-state index in [1.165, 1.54) is 18.2 Å². The maximum absolute atomic E-state index is 13.6. The van der Waals surface area contributed by atoms with Crippen LogP contribution in [0.4, 0.5) is 10.1 Å². The van der Waals surface area contributed by atoms with E-state index in [0.717, 1.165) is 6.42 Å². The Balaban J connectivity index is 2.07. The van der Waals surface area contributed by atoms with Crippen LogP contribution in [0.3, 0.4) is 0 Å². The van der Waals surface area contributed by atoms with Crippen molar-refractivity contribution in [1.82, 2.24) is 0 Å². The van der Waals surface area contributed by atoms with Gasteiger partial charge in [-0.25, -0.2) is 4.39 Å².